The van der Waals surface area contributed by atoms with Crippen LogP contribution in [-0.4, -0.2) is 16.6 Å². The Morgan fingerprint density at radius 2 is 2.05 bits per heavy atom. The minimum atomic E-state index is 0.672. The zero-order valence-electron chi connectivity index (χ0n) is 10.8. The molecule has 0 saturated heterocycles. The molecule has 19 heavy (non-hydrogen) atoms. The highest BCUT2D eigenvalue weighted by molar-refractivity contribution is 9.10. The van der Waals surface area contributed by atoms with E-state index in [1.165, 1.54) is 6.33 Å². The summed E-state index contributed by atoms with van der Waals surface area (Å²) in [5.41, 5.74) is 2.00. The minimum Gasteiger partial charge on any atom is -0.493 e. The third-order valence-corrected chi connectivity index (χ3v) is 3.02. The van der Waals surface area contributed by atoms with Crippen LogP contribution in [0.3, 0.4) is 0 Å². The highest BCUT2D eigenvalue weighted by Crippen LogP contribution is 2.24. The Labute approximate surface area is 121 Å². The van der Waals surface area contributed by atoms with Crippen molar-refractivity contribution < 1.29 is 4.74 Å². The van der Waals surface area contributed by atoms with Gasteiger partial charge in [0.2, 0.25) is 0 Å². The van der Waals surface area contributed by atoms with E-state index in [4.69, 9.17) is 4.74 Å². The van der Waals surface area contributed by atoms with Gasteiger partial charge in [-0.15, -0.1) is 0 Å². The molecule has 0 aliphatic rings. The molecule has 100 valence electrons. The van der Waals surface area contributed by atoms with E-state index in [0.717, 1.165) is 34.5 Å². The molecule has 0 aliphatic heterocycles. The summed E-state index contributed by atoms with van der Waals surface area (Å²) in [7, 11) is 0. The number of hydrogen-bond donors (Lipinski definition) is 1. The van der Waals surface area contributed by atoms with Crippen LogP contribution < -0.4 is 10.1 Å². The lowest BCUT2D eigenvalue weighted by atomic mass is 10.2. The molecule has 0 radical (unpaired) electrons. The Morgan fingerprint density at radius 1 is 1.26 bits per heavy atom. The van der Waals surface area contributed by atoms with Crippen LogP contribution in [0.15, 0.2) is 41.4 Å². The molecule has 0 unspecified atom stereocenters. The van der Waals surface area contributed by atoms with Crippen LogP contribution in [0.4, 0.5) is 5.69 Å². The molecule has 0 bridgehead atoms. The van der Waals surface area contributed by atoms with Gasteiger partial charge in [-0.3, -0.25) is 0 Å². The molecule has 1 aromatic carbocycles. The zero-order valence-corrected chi connectivity index (χ0v) is 12.4. The summed E-state index contributed by atoms with van der Waals surface area (Å²) in [6, 6.07) is 6.03. The molecule has 1 heterocycles. The van der Waals surface area contributed by atoms with E-state index >= 15 is 0 Å². The molecule has 0 spiro atoms. The molecule has 0 fully saturated rings. The molecular formula is C14H16BrN3O. The SMILES string of the molecule is CCCOc1ccc(Br)cc1CNc1cncnc1. The number of nitrogens with one attached hydrogen (secondary N) is 1. The van der Waals surface area contributed by atoms with Crippen LogP contribution in [-0.2, 0) is 6.54 Å². The number of benzene rings is 1. The third kappa shape index (κ3) is 4.21. The zero-order chi connectivity index (χ0) is 13.5. The summed E-state index contributed by atoms with van der Waals surface area (Å²) in [6.45, 7) is 3.49. The van der Waals surface area contributed by atoms with E-state index in [2.05, 4.69) is 44.2 Å². The second kappa shape index (κ2) is 7.09. The number of ether oxygens (including phenoxy) is 1. The van der Waals surface area contributed by atoms with Crippen LogP contribution in [0, 0.1) is 0 Å². The van der Waals surface area contributed by atoms with Crippen LogP contribution >= 0.6 is 15.9 Å². The van der Waals surface area contributed by atoms with Gasteiger partial charge in [-0.2, -0.15) is 0 Å². The van der Waals surface area contributed by atoms with Crippen molar-refractivity contribution in [3.8, 4) is 5.75 Å². The number of rotatable bonds is 6. The van der Waals surface area contributed by atoms with Crippen molar-refractivity contribution in [3.63, 3.8) is 0 Å². The van der Waals surface area contributed by atoms with E-state index < -0.39 is 0 Å². The maximum atomic E-state index is 5.74. The van der Waals surface area contributed by atoms with E-state index in [1.54, 1.807) is 12.4 Å². The quantitative estimate of drug-likeness (QED) is 0.882. The minimum absolute atomic E-state index is 0.672. The Hall–Kier alpha value is -1.62. The van der Waals surface area contributed by atoms with Crippen molar-refractivity contribution >= 4 is 21.6 Å². The van der Waals surface area contributed by atoms with E-state index in [1.807, 2.05) is 12.1 Å². The number of aromatic nitrogens is 2. The van der Waals surface area contributed by atoms with Crippen molar-refractivity contribution in [2.24, 2.45) is 0 Å². The van der Waals surface area contributed by atoms with Crippen LogP contribution in [0.2, 0.25) is 0 Å². The molecule has 0 aliphatic carbocycles. The van der Waals surface area contributed by atoms with Gasteiger partial charge < -0.3 is 10.1 Å². The van der Waals surface area contributed by atoms with Crippen LogP contribution in [0.5, 0.6) is 5.75 Å². The van der Waals surface area contributed by atoms with Gasteiger partial charge in [-0.1, -0.05) is 22.9 Å². The van der Waals surface area contributed by atoms with E-state index in [-0.39, 0.29) is 0 Å². The predicted octanol–water partition coefficient (Wildman–Crippen LogP) is 3.64. The van der Waals surface area contributed by atoms with E-state index in [9.17, 15) is 0 Å². The predicted molar refractivity (Wildman–Crippen MR) is 79.3 cm³/mol. The fraction of sp³-hybridized carbons (Fsp3) is 0.286. The summed E-state index contributed by atoms with van der Waals surface area (Å²) < 4.78 is 6.78. The molecule has 0 saturated carbocycles. The molecule has 1 N–H and O–H groups in total. The Balaban J connectivity index is 2.07. The summed E-state index contributed by atoms with van der Waals surface area (Å²) >= 11 is 3.48. The van der Waals surface area contributed by atoms with Crippen molar-refractivity contribution in [1.82, 2.24) is 9.97 Å². The van der Waals surface area contributed by atoms with Gasteiger partial charge in [0.1, 0.15) is 12.1 Å². The monoisotopic (exact) mass is 321 g/mol. The Morgan fingerprint density at radius 3 is 2.79 bits per heavy atom. The van der Waals surface area contributed by atoms with Gasteiger partial charge in [0.25, 0.3) is 0 Å². The maximum absolute atomic E-state index is 5.74. The average molecular weight is 322 g/mol. The van der Waals surface area contributed by atoms with Crippen molar-refractivity contribution in [2.75, 3.05) is 11.9 Å². The highest BCUT2D eigenvalue weighted by atomic mass is 79.9. The molecule has 0 atom stereocenters. The summed E-state index contributed by atoms with van der Waals surface area (Å²) in [6.07, 6.45) is 6.00. The standard InChI is InChI=1S/C14H16BrN3O/c1-2-5-19-14-4-3-12(15)6-11(14)7-18-13-8-16-10-17-9-13/h3-4,6,8-10,18H,2,5,7H2,1H3. The number of halogens is 1. The van der Waals surface area contributed by atoms with Gasteiger partial charge in [0.15, 0.2) is 0 Å². The van der Waals surface area contributed by atoms with Gasteiger partial charge >= 0.3 is 0 Å². The fourth-order valence-corrected chi connectivity index (χ4v) is 2.04. The first-order valence-electron chi connectivity index (χ1n) is 6.19. The lowest BCUT2D eigenvalue weighted by molar-refractivity contribution is 0.314. The van der Waals surface area contributed by atoms with Gasteiger partial charge in [-0.25, -0.2) is 9.97 Å². The lowest BCUT2D eigenvalue weighted by Crippen LogP contribution is -2.04. The number of nitrogens with zero attached hydrogens (tertiary/aromatic N) is 2. The van der Waals surface area contributed by atoms with Crippen LogP contribution in [0.1, 0.15) is 18.9 Å². The maximum Gasteiger partial charge on any atom is 0.124 e. The summed E-state index contributed by atoms with van der Waals surface area (Å²) in [5.74, 6) is 0.911. The molecular weight excluding hydrogens is 306 g/mol. The summed E-state index contributed by atoms with van der Waals surface area (Å²) in [4.78, 5) is 7.94. The van der Waals surface area contributed by atoms with Crippen molar-refractivity contribution in [3.05, 3.63) is 47.0 Å². The molecule has 5 heteroatoms. The first-order valence-corrected chi connectivity index (χ1v) is 6.99. The number of anilines is 1. The Kier molecular flexibility index (Phi) is 5.15. The molecule has 0 amide bonds. The topological polar surface area (TPSA) is 47.0 Å². The Bertz CT molecular complexity index is 519. The van der Waals surface area contributed by atoms with Gasteiger partial charge in [-0.05, 0) is 24.6 Å². The summed E-state index contributed by atoms with van der Waals surface area (Å²) in [5, 5.41) is 3.28. The normalized spacial score (nSPS) is 10.2. The number of hydrogen-bond acceptors (Lipinski definition) is 4. The average Bonchev–Trinajstić information content (AvgIpc) is 2.45. The second-order valence-electron chi connectivity index (χ2n) is 4.08. The van der Waals surface area contributed by atoms with Crippen LogP contribution in [0.25, 0.3) is 0 Å². The van der Waals surface area contributed by atoms with Gasteiger partial charge in [0, 0.05) is 16.6 Å². The first kappa shape index (κ1) is 13.8. The van der Waals surface area contributed by atoms with Gasteiger partial charge in [0.05, 0.1) is 24.7 Å². The molecule has 2 rings (SSSR count). The van der Waals surface area contributed by atoms with Crippen molar-refractivity contribution in [1.29, 1.82) is 0 Å². The van der Waals surface area contributed by atoms with E-state index in [0.29, 0.717) is 6.54 Å². The largest absolute Gasteiger partial charge is 0.493 e. The lowest BCUT2D eigenvalue weighted by Gasteiger charge is -2.12. The fourth-order valence-electron chi connectivity index (χ4n) is 1.63. The molecule has 2 aromatic rings. The highest BCUT2D eigenvalue weighted by Gasteiger charge is 2.04. The molecule has 1 aromatic heterocycles. The second-order valence-corrected chi connectivity index (χ2v) is 5.00. The molecule has 4 nitrogen and oxygen atoms in total. The third-order valence-electron chi connectivity index (χ3n) is 2.53. The van der Waals surface area contributed by atoms with Crippen molar-refractivity contribution in [2.45, 2.75) is 19.9 Å². The first-order chi connectivity index (χ1) is 9.29. The smallest absolute Gasteiger partial charge is 0.124 e.